The first kappa shape index (κ1) is 23.9. The molecule has 0 bridgehead atoms. The highest BCUT2D eigenvalue weighted by molar-refractivity contribution is 7.92. The standard InChI is InChI=1S/C22H18Cl2FN5O3S/c1-11(2)30-9-16(19-21(26)27-10-28-22(19)30)20(31)12-3-4-17(25)18(5-12)29-34(32,33)15-7-13(23)6-14(24)8-15/h3-11,29H,1-2H3,(H2,26,27,28). The molecule has 8 nitrogen and oxygen atoms in total. The van der Waals surface area contributed by atoms with E-state index in [1.807, 2.05) is 13.8 Å². The zero-order chi connectivity index (χ0) is 24.8. The van der Waals surface area contributed by atoms with Gasteiger partial charge in [0.25, 0.3) is 10.0 Å². The van der Waals surface area contributed by atoms with E-state index in [1.165, 1.54) is 30.6 Å². The summed E-state index contributed by atoms with van der Waals surface area (Å²) in [7, 11) is -4.25. The van der Waals surface area contributed by atoms with Crippen LogP contribution in [-0.4, -0.2) is 28.7 Å². The number of aromatic nitrogens is 3. The molecule has 2 aromatic heterocycles. The summed E-state index contributed by atoms with van der Waals surface area (Å²) in [6.45, 7) is 3.83. The summed E-state index contributed by atoms with van der Waals surface area (Å²) in [6.07, 6.45) is 2.90. The Morgan fingerprint density at radius 3 is 2.44 bits per heavy atom. The molecule has 2 heterocycles. The van der Waals surface area contributed by atoms with Gasteiger partial charge in [0.15, 0.2) is 5.78 Å². The second-order valence-electron chi connectivity index (χ2n) is 7.74. The SMILES string of the molecule is CC(C)n1cc(C(=O)c2ccc(F)c(NS(=O)(=O)c3cc(Cl)cc(Cl)c3)c2)c2c(N)ncnc21. The Morgan fingerprint density at radius 2 is 1.79 bits per heavy atom. The van der Waals surface area contributed by atoms with Gasteiger partial charge in [0, 0.05) is 27.8 Å². The summed E-state index contributed by atoms with van der Waals surface area (Å²) in [5.41, 5.74) is 6.33. The van der Waals surface area contributed by atoms with Crippen molar-refractivity contribution in [3.63, 3.8) is 0 Å². The number of nitrogens with zero attached hydrogens (tertiary/aromatic N) is 3. The van der Waals surface area contributed by atoms with Crippen molar-refractivity contribution in [1.82, 2.24) is 14.5 Å². The topological polar surface area (TPSA) is 120 Å². The smallest absolute Gasteiger partial charge is 0.262 e. The fourth-order valence-corrected chi connectivity index (χ4v) is 5.25. The third-order valence-corrected chi connectivity index (χ3v) is 6.84. The lowest BCUT2D eigenvalue weighted by Crippen LogP contribution is -2.15. The molecule has 0 unspecified atom stereocenters. The molecule has 0 aliphatic rings. The maximum Gasteiger partial charge on any atom is 0.262 e. The van der Waals surface area contributed by atoms with Gasteiger partial charge in [-0.1, -0.05) is 23.2 Å². The first-order valence-corrected chi connectivity index (χ1v) is 12.2. The molecule has 0 amide bonds. The second kappa shape index (κ2) is 8.86. The van der Waals surface area contributed by atoms with Gasteiger partial charge < -0.3 is 10.3 Å². The Hall–Kier alpha value is -3.21. The van der Waals surface area contributed by atoms with E-state index >= 15 is 0 Å². The molecule has 0 atom stereocenters. The molecule has 0 spiro atoms. The minimum Gasteiger partial charge on any atom is -0.383 e. The quantitative estimate of drug-likeness (QED) is 0.341. The average molecular weight is 522 g/mol. The van der Waals surface area contributed by atoms with Crippen molar-refractivity contribution in [2.75, 3.05) is 10.5 Å². The van der Waals surface area contributed by atoms with E-state index < -0.39 is 27.3 Å². The minimum absolute atomic E-state index is 0.0292. The van der Waals surface area contributed by atoms with Crippen LogP contribution in [0.25, 0.3) is 11.0 Å². The van der Waals surface area contributed by atoms with Crippen LogP contribution in [0, 0.1) is 5.82 Å². The maximum absolute atomic E-state index is 14.5. The maximum atomic E-state index is 14.5. The van der Waals surface area contributed by atoms with Gasteiger partial charge in [0.2, 0.25) is 0 Å². The first-order valence-electron chi connectivity index (χ1n) is 9.92. The summed E-state index contributed by atoms with van der Waals surface area (Å²) in [6, 6.07) is 7.05. The number of nitrogen functional groups attached to an aromatic ring is 1. The van der Waals surface area contributed by atoms with E-state index in [4.69, 9.17) is 28.9 Å². The molecule has 4 rings (SSSR count). The van der Waals surface area contributed by atoms with Gasteiger partial charge in [-0.05, 0) is 50.2 Å². The summed E-state index contributed by atoms with van der Waals surface area (Å²) in [5.74, 6) is -1.26. The number of halogens is 3. The molecule has 4 aromatic rings. The van der Waals surface area contributed by atoms with Gasteiger partial charge in [-0.2, -0.15) is 0 Å². The Bertz CT molecular complexity index is 1530. The lowest BCUT2D eigenvalue weighted by Gasteiger charge is -2.11. The molecule has 0 aliphatic heterocycles. The van der Waals surface area contributed by atoms with Crippen LogP contribution < -0.4 is 10.5 Å². The van der Waals surface area contributed by atoms with Crippen molar-refractivity contribution in [2.24, 2.45) is 0 Å². The molecule has 176 valence electrons. The number of nitrogens with two attached hydrogens (primary N) is 1. The van der Waals surface area contributed by atoms with Crippen molar-refractivity contribution in [1.29, 1.82) is 0 Å². The zero-order valence-corrected chi connectivity index (χ0v) is 20.2. The molecule has 34 heavy (non-hydrogen) atoms. The number of rotatable bonds is 6. The van der Waals surface area contributed by atoms with Crippen LogP contribution in [0.4, 0.5) is 15.9 Å². The molecule has 0 fully saturated rings. The van der Waals surface area contributed by atoms with Crippen LogP contribution >= 0.6 is 23.2 Å². The van der Waals surface area contributed by atoms with Crippen molar-refractivity contribution in [2.45, 2.75) is 24.8 Å². The largest absolute Gasteiger partial charge is 0.383 e. The number of carbonyl (C=O) groups is 1. The number of nitrogens with one attached hydrogen (secondary N) is 1. The van der Waals surface area contributed by atoms with Crippen LogP contribution in [0.1, 0.15) is 35.8 Å². The van der Waals surface area contributed by atoms with Crippen LogP contribution in [0.15, 0.2) is 53.8 Å². The summed E-state index contributed by atoms with van der Waals surface area (Å²) >= 11 is 11.8. The number of fused-ring (bicyclic) bond motifs is 1. The molecular formula is C22H18Cl2FN5O3S. The third kappa shape index (κ3) is 4.44. The summed E-state index contributed by atoms with van der Waals surface area (Å²) < 4.78 is 44.0. The van der Waals surface area contributed by atoms with Gasteiger partial charge in [0.1, 0.15) is 23.6 Å². The van der Waals surface area contributed by atoms with Crippen molar-refractivity contribution in [3.8, 4) is 0 Å². The zero-order valence-electron chi connectivity index (χ0n) is 17.9. The van der Waals surface area contributed by atoms with E-state index in [0.717, 1.165) is 12.1 Å². The molecule has 3 N–H and O–H groups in total. The van der Waals surface area contributed by atoms with Gasteiger partial charge in [0.05, 0.1) is 21.5 Å². The molecule has 0 radical (unpaired) electrons. The minimum atomic E-state index is -4.25. The predicted octanol–water partition coefficient (Wildman–Crippen LogP) is 5.07. The molecule has 12 heteroatoms. The number of ketones is 1. The number of hydrogen-bond acceptors (Lipinski definition) is 6. The number of sulfonamides is 1. The highest BCUT2D eigenvalue weighted by atomic mass is 35.5. The number of benzene rings is 2. The second-order valence-corrected chi connectivity index (χ2v) is 10.3. The van der Waals surface area contributed by atoms with Crippen molar-refractivity contribution in [3.05, 3.63) is 75.9 Å². The molecule has 0 saturated carbocycles. The number of hydrogen-bond donors (Lipinski definition) is 2. The Balaban J connectivity index is 1.77. The molecule has 0 saturated heterocycles. The van der Waals surface area contributed by atoms with Gasteiger partial charge in [-0.15, -0.1) is 0 Å². The third-order valence-electron chi connectivity index (χ3n) is 5.06. The number of carbonyl (C=O) groups excluding carboxylic acids is 1. The van der Waals surface area contributed by atoms with Crippen molar-refractivity contribution < 1.29 is 17.6 Å². The predicted molar refractivity (Wildman–Crippen MR) is 129 cm³/mol. The van der Waals surface area contributed by atoms with Crippen LogP contribution in [-0.2, 0) is 10.0 Å². The summed E-state index contributed by atoms with van der Waals surface area (Å²) in [4.78, 5) is 21.3. The number of anilines is 2. The van der Waals surface area contributed by atoms with Crippen LogP contribution in [0.5, 0.6) is 0 Å². The summed E-state index contributed by atoms with van der Waals surface area (Å²) in [5, 5.41) is 0.554. The van der Waals surface area contributed by atoms with E-state index in [-0.39, 0.29) is 37.9 Å². The lowest BCUT2D eigenvalue weighted by atomic mass is 10.0. The fraction of sp³-hybridized carbons (Fsp3) is 0.136. The average Bonchev–Trinajstić information content (AvgIpc) is 3.15. The highest BCUT2D eigenvalue weighted by Gasteiger charge is 2.23. The van der Waals surface area contributed by atoms with Crippen LogP contribution in [0.2, 0.25) is 10.0 Å². The lowest BCUT2D eigenvalue weighted by molar-refractivity contribution is 0.104. The highest BCUT2D eigenvalue weighted by Crippen LogP contribution is 2.30. The van der Waals surface area contributed by atoms with Gasteiger partial charge >= 0.3 is 0 Å². The molecule has 0 aliphatic carbocycles. The monoisotopic (exact) mass is 521 g/mol. The van der Waals surface area contributed by atoms with E-state index in [1.54, 1.807) is 10.8 Å². The van der Waals surface area contributed by atoms with E-state index in [2.05, 4.69) is 14.7 Å². The Morgan fingerprint density at radius 1 is 1.12 bits per heavy atom. The Labute approximate surface area is 204 Å². The van der Waals surface area contributed by atoms with E-state index in [9.17, 15) is 17.6 Å². The molecule has 2 aromatic carbocycles. The van der Waals surface area contributed by atoms with Gasteiger partial charge in [-0.3, -0.25) is 9.52 Å². The van der Waals surface area contributed by atoms with Gasteiger partial charge in [-0.25, -0.2) is 22.8 Å². The van der Waals surface area contributed by atoms with Crippen LogP contribution in [0.3, 0.4) is 0 Å². The first-order chi connectivity index (χ1) is 16.0. The molecular weight excluding hydrogens is 504 g/mol. The fourth-order valence-electron chi connectivity index (χ4n) is 3.46. The Kier molecular flexibility index (Phi) is 6.24. The van der Waals surface area contributed by atoms with E-state index in [0.29, 0.717) is 11.0 Å². The normalized spacial score (nSPS) is 11.8. The van der Waals surface area contributed by atoms with Crippen molar-refractivity contribution >= 4 is 61.5 Å².